The molecular formula is C23H24O6. The predicted octanol–water partition coefficient (Wildman–Crippen LogP) is 4.58. The van der Waals surface area contributed by atoms with E-state index in [1.807, 2.05) is 0 Å². The summed E-state index contributed by atoms with van der Waals surface area (Å²) in [7, 11) is 0. The van der Waals surface area contributed by atoms with Gasteiger partial charge in [0, 0.05) is 13.0 Å². The minimum atomic E-state index is -0.654. The van der Waals surface area contributed by atoms with Gasteiger partial charge in [0.15, 0.2) is 0 Å². The number of ether oxygens (including phenoxy) is 3. The highest BCUT2D eigenvalue weighted by molar-refractivity contribution is 5.95. The number of esters is 3. The lowest BCUT2D eigenvalue weighted by atomic mass is 10.2. The van der Waals surface area contributed by atoms with E-state index in [0.29, 0.717) is 17.9 Å². The van der Waals surface area contributed by atoms with Crippen molar-refractivity contribution >= 4 is 24.0 Å². The maximum atomic E-state index is 12.5. The van der Waals surface area contributed by atoms with Crippen molar-refractivity contribution in [2.24, 2.45) is 0 Å². The van der Waals surface area contributed by atoms with Crippen LogP contribution in [0.25, 0.3) is 6.08 Å². The van der Waals surface area contributed by atoms with Gasteiger partial charge < -0.3 is 14.2 Å². The third-order valence-electron chi connectivity index (χ3n) is 3.83. The van der Waals surface area contributed by atoms with Gasteiger partial charge in [-0.15, -0.1) is 0 Å². The largest absolute Gasteiger partial charge is 0.463 e. The summed E-state index contributed by atoms with van der Waals surface area (Å²) < 4.78 is 15.5. The monoisotopic (exact) mass is 396 g/mol. The van der Waals surface area contributed by atoms with E-state index in [1.165, 1.54) is 25.1 Å². The molecule has 6 heteroatoms. The molecule has 0 saturated carbocycles. The molecule has 0 aromatic heterocycles. The van der Waals surface area contributed by atoms with Crippen LogP contribution in [-0.4, -0.2) is 24.5 Å². The molecule has 0 radical (unpaired) electrons. The highest BCUT2D eigenvalue weighted by Crippen LogP contribution is 2.22. The van der Waals surface area contributed by atoms with Crippen LogP contribution in [0.1, 0.15) is 49.0 Å². The van der Waals surface area contributed by atoms with Crippen molar-refractivity contribution in [3.8, 4) is 11.5 Å². The van der Waals surface area contributed by atoms with Crippen LogP contribution < -0.4 is 9.47 Å². The molecule has 0 saturated heterocycles. The van der Waals surface area contributed by atoms with Crippen molar-refractivity contribution in [2.45, 2.75) is 33.1 Å². The molecule has 2 rings (SSSR count). The summed E-state index contributed by atoms with van der Waals surface area (Å²) in [6.45, 7) is 3.74. The van der Waals surface area contributed by atoms with Gasteiger partial charge in [0.2, 0.25) is 0 Å². The summed E-state index contributed by atoms with van der Waals surface area (Å²) in [4.78, 5) is 35.4. The number of carbonyl (C=O) groups is 3. The van der Waals surface area contributed by atoms with Gasteiger partial charge in [0.05, 0.1) is 6.61 Å². The van der Waals surface area contributed by atoms with Gasteiger partial charge >= 0.3 is 17.9 Å². The Bertz CT molecular complexity index is 884. The number of rotatable bonds is 9. The fourth-order valence-corrected chi connectivity index (χ4v) is 2.46. The van der Waals surface area contributed by atoms with Crippen LogP contribution in [0.15, 0.2) is 54.6 Å². The molecule has 0 fully saturated rings. The summed E-state index contributed by atoms with van der Waals surface area (Å²) in [5, 5.41) is 0. The average Bonchev–Trinajstić information content (AvgIpc) is 2.70. The molecule has 0 aliphatic rings. The Morgan fingerprint density at radius 2 is 1.76 bits per heavy atom. The number of carbonyl (C=O) groups excluding carboxylic acids is 3. The second-order valence-corrected chi connectivity index (χ2v) is 6.26. The molecule has 0 atom stereocenters. The highest BCUT2D eigenvalue weighted by atomic mass is 16.6. The molecule has 0 aliphatic carbocycles. The van der Waals surface area contributed by atoms with Crippen LogP contribution >= 0.6 is 0 Å². The molecule has 0 N–H and O–H groups in total. The molecule has 29 heavy (non-hydrogen) atoms. The lowest BCUT2D eigenvalue weighted by Crippen LogP contribution is -2.12. The van der Waals surface area contributed by atoms with E-state index in [9.17, 15) is 14.4 Å². The Kier molecular flexibility index (Phi) is 8.63. The first-order valence-corrected chi connectivity index (χ1v) is 9.44. The quantitative estimate of drug-likeness (QED) is 0.267. The van der Waals surface area contributed by atoms with Gasteiger partial charge in [-0.25, -0.2) is 9.59 Å². The number of unbranched alkanes of at least 4 members (excludes halogenated alkanes) is 2. The Morgan fingerprint density at radius 3 is 2.52 bits per heavy atom. The zero-order chi connectivity index (χ0) is 21.1. The summed E-state index contributed by atoms with van der Waals surface area (Å²) in [6, 6.07) is 13.0. The number of hydrogen-bond donors (Lipinski definition) is 0. The van der Waals surface area contributed by atoms with E-state index in [4.69, 9.17) is 14.2 Å². The topological polar surface area (TPSA) is 78.9 Å². The fourth-order valence-electron chi connectivity index (χ4n) is 2.46. The molecule has 152 valence electrons. The molecule has 0 unspecified atom stereocenters. The Balaban J connectivity index is 2.01. The lowest BCUT2D eigenvalue weighted by Gasteiger charge is -2.09. The Morgan fingerprint density at radius 1 is 0.966 bits per heavy atom. The standard InChI is InChI=1S/C23H24O6/c1-3-4-7-15-27-22(25)14-13-18-9-8-10-19(16-18)29-23(26)20-11-5-6-12-21(20)28-17(2)24/h5-6,8-14,16H,3-4,7,15H2,1-2H3/b14-13+. The van der Waals surface area contributed by atoms with Crippen molar-refractivity contribution in [2.75, 3.05) is 6.61 Å². The molecule has 2 aromatic rings. The van der Waals surface area contributed by atoms with Crippen molar-refractivity contribution in [3.05, 3.63) is 65.7 Å². The minimum absolute atomic E-state index is 0.131. The van der Waals surface area contributed by atoms with Crippen molar-refractivity contribution < 1.29 is 28.6 Å². The fraction of sp³-hybridized carbons (Fsp3) is 0.261. The highest BCUT2D eigenvalue weighted by Gasteiger charge is 2.15. The second kappa shape index (κ2) is 11.4. The van der Waals surface area contributed by atoms with Crippen LogP contribution in [0.4, 0.5) is 0 Å². The molecule has 0 bridgehead atoms. The maximum Gasteiger partial charge on any atom is 0.347 e. The third-order valence-corrected chi connectivity index (χ3v) is 3.83. The van der Waals surface area contributed by atoms with Crippen molar-refractivity contribution in [3.63, 3.8) is 0 Å². The van der Waals surface area contributed by atoms with Gasteiger partial charge in [-0.2, -0.15) is 0 Å². The summed E-state index contributed by atoms with van der Waals surface area (Å²) in [5.74, 6) is -1.17. The van der Waals surface area contributed by atoms with Crippen molar-refractivity contribution in [1.82, 2.24) is 0 Å². The molecule has 6 nitrogen and oxygen atoms in total. The van der Waals surface area contributed by atoms with E-state index in [0.717, 1.165) is 19.3 Å². The molecule has 0 aliphatic heterocycles. The first kappa shape index (κ1) is 21.9. The predicted molar refractivity (Wildman–Crippen MR) is 109 cm³/mol. The third kappa shape index (κ3) is 7.62. The van der Waals surface area contributed by atoms with Gasteiger partial charge in [0.1, 0.15) is 17.1 Å². The first-order valence-electron chi connectivity index (χ1n) is 9.44. The Hall–Kier alpha value is -3.41. The zero-order valence-electron chi connectivity index (χ0n) is 16.6. The zero-order valence-corrected chi connectivity index (χ0v) is 16.6. The molecule has 0 heterocycles. The van der Waals surface area contributed by atoms with Crippen LogP contribution in [-0.2, 0) is 14.3 Å². The summed E-state index contributed by atoms with van der Waals surface area (Å²) in [5.41, 5.74) is 0.813. The molecule has 2 aromatic carbocycles. The first-order chi connectivity index (χ1) is 14.0. The van der Waals surface area contributed by atoms with Crippen LogP contribution in [0.3, 0.4) is 0 Å². The average molecular weight is 396 g/mol. The Labute approximate surface area is 170 Å². The van der Waals surface area contributed by atoms with E-state index in [2.05, 4.69) is 6.92 Å². The van der Waals surface area contributed by atoms with Crippen LogP contribution in [0.2, 0.25) is 0 Å². The lowest BCUT2D eigenvalue weighted by molar-refractivity contribution is -0.137. The summed E-state index contributed by atoms with van der Waals surface area (Å²) in [6.07, 6.45) is 5.85. The maximum absolute atomic E-state index is 12.5. The van der Waals surface area contributed by atoms with Gasteiger partial charge in [0.25, 0.3) is 0 Å². The van der Waals surface area contributed by atoms with E-state index in [-0.39, 0.29) is 11.3 Å². The van der Waals surface area contributed by atoms with Gasteiger partial charge in [-0.05, 0) is 42.3 Å². The molecular weight excluding hydrogens is 372 g/mol. The van der Waals surface area contributed by atoms with E-state index < -0.39 is 17.9 Å². The smallest absolute Gasteiger partial charge is 0.347 e. The number of hydrogen-bond acceptors (Lipinski definition) is 6. The number of benzene rings is 2. The van der Waals surface area contributed by atoms with Crippen molar-refractivity contribution in [1.29, 1.82) is 0 Å². The second-order valence-electron chi connectivity index (χ2n) is 6.26. The minimum Gasteiger partial charge on any atom is -0.463 e. The molecule has 0 amide bonds. The van der Waals surface area contributed by atoms with Gasteiger partial charge in [-0.3, -0.25) is 4.79 Å². The van der Waals surface area contributed by atoms with Crippen LogP contribution in [0, 0.1) is 0 Å². The SMILES string of the molecule is CCCCCOC(=O)/C=C/c1cccc(OC(=O)c2ccccc2OC(C)=O)c1. The molecule has 0 spiro atoms. The van der Waals surface area contributed by atoms with Gasteiger partial charge in [-0.1, -0.05) is 44.0 Å². The van der Waals surface area contributed by atoms with E-state index >= 15 is 0 Å². The van der Waals surface area contributed by atoms with Crippen LogP contribution in [0.5, 0.6) is 11.5 Å². The number of para-hydroxylation sites is 1. The van der Waals surface area contributed by atoms with E-state index in [1.54, 1.807) is 42.5 Å². The normalized spacial score (nSPS) is 10.6. The summed E-state index contributed by atoms with van der Waals surface area (Å²) >= 11 is 0.